The SMILES string of the molecule is Cc1ccc(-c2ccc(S(=O)(=O)OCCCCC(N)=O)cc2)cc1. The molecule has 0 radical (unpaired) electrons. The quantitative estimate of drug-likeness (QED) is 0.587. The lowest BCUT2D eigenvalue weighted by Crippen LogP contribution is -2.11. The molecule has 0 bridgehead atoms. The third kappa shape index (κ3) is 5.18. The predicted molar refractivity (Wildman–Crippen MR) is 92.8 cm³/mol. The summed E-state index contributed by atoms with van der Waals surface area (Å²) >= 11 is 0. The standard InChI is InChI=1S/C18H21NO4S/c1-14-5-7-15(8-6-14)16-9-11-17(12-10-16)24(21,22)23-13-3-2-4-18(19)20/h5-12H,2-4,13H2,1H3,(H2,19,20). The van der Waals surface area contributed by atoms with Gasteiger partial charge in [-0.05, 0) is 43.0 Å². The van der Waals surface area contributed by atoms with Gasteiger partial charge < -0.3 is 5.73 Å². The van der Waals surface area contributed by atoms with Crippen LogP contribution in [-0.2, 0) is 19.1 Å². The molecule has 0 heterocycles. The number of rotatable bonds is 8. The fraction of sp³-hybridized carbons (Fsp3) is 0.278. The zero-order valence-electron chi connectivity index (χ0n) is 13.6. The fourth-order valence-corrected chi connectivity index (χ4v) is 3.14. The van der Waals surface area contributed by atoms with Gasteiger partial charge in [0, 0.05) is 6.42 Å². The highest BCUT2D eigenvalue weighted by atomic mass is 32.2. The minimum absolute atomic E-state index is 0.0370. The monoisotopic (exact) mass is 347 g/mol. The van der Waals surface area contributed by atoms with Crippen LogP contribution in [-0.4, -0.2) is 20.9 Å². The van der Waals surface area contributed by atoms with E-state index in [1.165, 1.54) is 17.7 Å². The van der Waals surface area contributed by atoms with Crippen molar-refractivity contribution in [1.82, 2.24) is 0 Å². The number of aryl methyl sites for hydroxylation is 1. The number of primary amides is 1. The average Bonchev–Trinajstić information content (AvgIpc) is 2.55. The highest BCUT2D eigenvalue weighted by Gasteiger charge is 2.15. The fourth-order valence-electron chi connectivity index (χ4n) is 2.20. The maximum Gasteiger partial charge on any atom is 0.296 e. The first-order valence-electron chi connectivity index (χ1n) is 7.73. The number of benzene rings is 2. The Bertz CT molecular complexity index is 781. The lowest BCUT2D eigenvalue weighted by atomic mass is 10.0. The molecular weight excluding hydrogens is 326 g/mol. The van der Waals surface area contributed by atoms with E-state index < -0.39 is 16.0 Å². The number of carbonyl (C=O) groups excluding carboxylic acids is 1. The number of hydrogen-bond acceptors (Lipinski definition) is 4. The highest BCUT2D eigenvalue weighted by molar-refractivity contribution is 7.86. The van der Waals surface area contributed by atoms with Crippen LogP contribution in [0.5, 0.6) is 0 Å². The smallest absolute Gasteiger partial charge is 0.296 e. The van der Waals surface area contributed by atoms with Crippen molar-refractivity contribution in [3.63, 3.8) is 0 Å². The second-order valence-corrected chi connectivity index (χ2v) is 7.21. The van der Waals surface area contributed by atoms with Gasteiger partial charge in [0.1, 0.15) is 0 Å². The van der Waals surface area contributed by atoms with E-state index >= 15 is 0 Å². The summed E-state index contributed by atoms with van der Waals surface area (Å²) in [5, 5.41) is 0. The second kappa shape index (κ2) is 8.08. The van der Waals surface area contributed by atoms with Gasteiger partial charge in [0.25, 0.3) is 10.1 Å². The summed E-state index contributed by atoms with van der Waals surface area (Å²) in [5.41, 5.74) is 8.16. The number of unbranched alkanes of at least 4 members (excludes halogenated alkanes) is 1. The number of nitrogens with two attached hydrogens (primary N) is 1. The Labute approximate surface area is 142 Å². The van der Waals surface area contributed by atoms with Crippen molar-refractivity contribution in [3.05, 3.63) is 54.1 Å². The van der Waals surface area contributed by atoms with Crippen LogP contribution in [0.25, 0.3) is 11.1 Å². The van der Waals surface area contributed by atoms with Crippen molar-refractivity contribution in [2.45, 2.75) is 31.1 Å². The van der Waals surface area contributed by atoms with Gasteiger partial charge in [-0.3, -0.25) is 8.98 Å². The molecule has 2 aromatic rings. The average molecular weight is 347 g/mol. The maximum atomic E-state index is 12.1. The van der Waals surface area contributed by atoms with Crippen LogP contribution in [0.4, 0.5) is 0 Å². The van der Waals surface area contributed by atoms with Crippen LogP contribution >= 0.6 is 0 Å². The van der Waals surface area contributed by atoms with Crippen molar-refractivity contribution in [2.75, 3.05) is 6.61 Å². The first-order valence-corrected chi connectivity index (χ1v) is 9.14. The Morgan fingerprint density at radius 1 is 0.958 bits per heavy atom. The van der Waals surface area contributed by atoms with Crippen LogP contribution in [0, 0.1) is 6.92 Å². The summed E-state index contributed by atoms with van der Waals surface area (Å²) in [7, 11) is -3.78. The van der Waals surface area contributed by atoms with Gasteiger partial charge in [0.15, 0.2) is 0 Å². The topological polar surface area (TPSA) is 86.5 Å². The minimum Gasteiger partial charge on any atom is -0.370 e. The molecule has 0 spiro atoms. The first kappa shape index (κ1) is 18.2. The molecule has 1 amide bonds. The molecular formula is C18H21NO4S. The van der Waals surface area contributed by atoms with Gasteiger partial charge in [-0.1, -0.05) is 42.0 Å². The maximum absolute atomic E-state index is 12.1. The summed E-state index contributed by atoms with van der Waals surface area (Å²) in [4.78, 5) is 10.7. The number of hydrogen-bond donors (Lipinski definition) is 1. The van der Waals surface area contributed by atoms with Crippen molar-refractivity contribution < 1.29 is 17.4 Å². The molecule has 5 nitrogen and oxygen atoms in total. The van der Waals surface area contributed by atoms with Crippen LogP contribution in [0.3, 0.4) is 0 Å². The number of carbonyl (C=O) groups is 1. The summed E-state index contributed by atoms with van der Waals surface area (Å²) < 4.78 is 29.2. The van der Waals surface area contributed by atoms with Gasteiger partial charge in [-0.25, -0.2) is 0 Å². The molecule has 0 fully saturated rings. The summed E-state index contributed by atoms with van der Waals surface area (Å²) in [6, 6.07) is 14.6. The summed E-state index contributed by atoms with van der Waals surface area (Å²) in [6.45, 7) is 2.05. The van der Waals surface area contributed by atoms with E-state index in [2.05, 4.69) is 0 Å². The molecule has 0 aromatic heterocycles. The highest BCUT2D eigenvalue weighted by Crippen LogP contribution is 2.22. The van der Waals surface area contributed by atoms with Gasteiger partial charge in [-0.2, -0.15) is 8.42 Å². The van der Waals surface area contributed by atoms with Crippen LogP contribution in [0.15, 0.2) is 53.4 Å². The lowest BCUT2D eigenvalue weighted by Gasteiger charge is -2.07. The largest absolute Gasteiger partial charge is 0.370 e. The summed E-state index contributed by atoms with van der Waals surface area (Å²) in [6.07, 6.45) is 1.20. The summed E-state index contributed by atoms with van der Waals surface area (Å²) in [5.74, 6) is -0.399. The third-order valence-electron chi connectivity index (χ3n) is 3.58. The van der Waals surface area contributed by atoms with E-state index in [-0.39, 0.29) is 17.9 Å². The molecule has 0 saturated heterocycles. The van der Waals surface area contributed by atoms with Crippen LogP contribution in [0.2, 0.25) is 0 Å². The molecule has 0 saturated carbocycles. The van der Waals surface area contributed by atoms with E-state index in [0.717, 1.165) is 11.1 Å². The lowest BCUT2D eigenvalue weighted by molar-refractivity contribution is -0.118. The Morgan fingerprint density at radius 2 is 1.50 bits per heavy atom. The number of amides is 1. The normalized spacial score (nSPS) is 11.4. The van der Waals surface area contributed by atoms with Gasteiger partial charge in [0.2, 0.25) is 5.91 Å². The first-order chi connectivity index (χ1) is 11.4. The molecule has 24 heavy (non-hydrogen) atoms. The Kier molecular flexibility index (Phi) is 6.11. The predicted octanol–water partition coefficient (Wildman–Crippen LogP) is 3.02. The second-order valence-electron chi connectivity index (χ2n) is 5.59. The molecule has 6 heteroatoms. The van der Waals surface area contributed by atoms with Gasteiger partial charge in [-0.15, -0.1) is 0 Å². The molecule has 0 unspecified atom stereocenters. The minimum atomic E-state index is -3.78. The van der Waals surface area contributed by atoms with E-state index in [1.807, 2.05) is 31.2 Å². The molecule has 2 rings (SSSR count). The third-order valence-corrected chi connectivity index (χ3v) is 4.91. The zero-order valence-corrected chi connectivity index (χ0v) is 14.4. The molecule has 0 aliphatic rings. The van der Waals surface area contributed by atoms with Crippen LogP contribution in [0.1, 0.15) is 24.8 Å². The molecule has 0 atom stereocenters. The van der Waals surface area contributed by atoms with Crippen molar-refractivity contribution in [3.8, 4) is 11.1 Å². The Morgan fingerprint density at radius 3 is 2.04 bits per heavy atom. The van der Waals surface area contributed by atoms with Gasteiger partial charge in [0.05, 0.1) is 11.5 Å². The van der Waals surface area contributed by atoms with Crippen LogP contribution < -0.4 is 5.73 Å². The van der Waals surface area contributed by atoms with E-state index in [1.54, 1.807) is 12.1 Å². The van der Waals surface area contributed by atoms with Crippen molar-refractivity contribution in [2.24, 2.45) is 5.73 Å². The molecule has 0 aliphatic heterocycles. The molecule has 2 N–H and O–H groups in total. The van der Waals surface area contributed by atoms with E-state index in [0.29, 0.717) is 12.8 Å². The zero-order chi connectivity index (χ0) is 17.6. The van der Waals surface area contributed by atoms with Crippen molar-refractivity contribution >= 4 is 16.0 Å². The molecule has 0 aliphatic carbocycles. The molecule has 2 aromatic carbocycles. The molecule has 128 valence electrons. The van der Waals surface area contributed by atoms with E-state index in [9.17, 15) is 13.2 Å². The van der Waals surface area contributed by atoms with E-state index in [4.69, 9.17) is 9.92 Å². The van der Waals surface area contributed by atoms with Crippen molar-refractivity contribution in [1.29, 1.82) is 0 Å². The van der Waals surface area contributed by atoms with Gasteiger partial charge >= 0.3 is 0 Å². The Hall–Kier alpha value is -2.18. The Balaban J connectivity index is 1.98.